The van der Waals surface area contributed by atoms with E-state index in [1.54, 1.807) is 0 Å². The summed E-state index contributed by atoms with van der Waals surface area (Å²) in [6, 6.07) is 15.4. The number of amides is 2. The van der Waals surface area contributed by atoms with Crippen molar-refractivity contribution in [2.45, 2.75) is 25.5 Å². The molecule has 0 spiro atoms. The lowest BCUT2D eigenvalue weighted by Gasteiger charge is -2.10. The molecule has 0 aliphatic heterocycles. The van der Waals surface area contributed by atoms with Crippen molar-refractivity contribution in [3.63, 3.8) is 0 Å². The van der Waals surface area contributed by atoms with Gasteiger partial charge in [-0.25, -0.2) is 0 Å². The molecule has 0 unspecified atom stereocenters. The molecule has 0 aliphatic carbocycles. The van der Waals surface area contributed by atoms with Crippen molar-refractivity contribution < 1.29 is 9.59 Å². The van der Waals surface area contributed by atoms with Crippen LogP contribution in [0.4, 0.5) is 5.69 Å². The van der Waals surface area contributed by atoms with Crippen LogP contribution in [0.25, 0.3) is 11.4 Å². The number of aromatic nitrogens is 3. The van der Waals surface area contributed by atoms with Gasteiger partial charge in [0.1, 0.15) is 0 Å². The third-order valence-corrected chi connectivity index (χ3v) is 5.77. The zero-order valence-electron chi connectivity index (χ0n) is 16.7. The Morgan fingerprint density at radius 1 is 1.10 bits per heavy atom. The molecule has 3 rings (SSSR count). The van der Waals surface area contributed by atoms with Crippen LogP contribution in [0.15, 0.2) is 58.2 Å². The van der Waals surface area contributed by atoms with E-state index in [0.717, 1.165) is 27.1 Å². The first-order chi connectivity index (χ1) is 14.5. The summed E-state index contributed by atoms with van der Waals surface area (Å²) >= 11 is 4.69. The number of carbonyl (C=O) groups excluding carboxylic acids is 2. The molecule has 0 bridgehead atoms. The Kier molecular flexibility index (Phi) is 7.64. The van der Waals surface area contributed by atoms with Gasteiger partial charge >= 0.3 is 0 Å². The monoisotopic (exact) mass is 487 g/mol. The van der Waals surface area contributed by atoms with E-state index in [2.05, 4.69) is 36.8 Å². The van der Waals surface area contributed by atoms with Crippen LogP contribution in [0.1, 0.15) is 12.5 Å². The van der Waals surface area contributed by atoms with Gasteiger partial charge in [-0.15, -0.1) is 10.2 Å². The van der Waals surface area contributed by atoms with E-state index in [1.807, 2.05) is 66.9 Å². The van der Waals surface area contributed by atoms with Crippen molar-refractivity contribution in [3.05, 3.63) is 58.6 Å². The van der Waals surface area contributed by atoms with Gasteiger partial charge in [0.15, 0.2) is 11.0 Å². The van der Waals surface area contributed by atoms with Crippen LogP contribution >= 0.6 is 27.7 Å². The summed E-state index contributed by atoms with van der Waals surface area (Å²) in [7, 11) is 0. The number of hydrogen-bond donors (Lipinski definition) is 2. The molecule has 0 fully saturated rings. The van der Waals surface area contributed by atoms with Crippen molar-refractivity contribution in [2.24, 2.45) is 0 Å². The fraction of sp³-hybridized carbons (Fsp3) is 0.238. The van der Waals surface area contributed by atoms with E-state index < -0.39 is 0 Å². The average molecular weight is 488 g/mol. The number of aryl methyl sites for hydroxylation is 1. The summed E-state index contributed by atoms with van der Waals surface area (Å²) in [6.07, 6.45) is 0. The molecule has 9 heteroatoms. The van der Waals surface area contributed by atoms with Crippen molar-refractivity contribution in [1.29, 1.82) is 0 Å². The lowest BCUT2D eigenvalue weighted by Crippen LogP contribution is -2.34. The van der Waals surface area contributed by atoms with Crippen LogP contribution in [-0.2, 0) is 16.1 Å². The lowest BCUT2D eigenvalue weighted by atomic mass is 10.2. The van der Waals surface area contributed by atoms with Crippen molar-refractivity contribution in [2.75, 3.05) is 17.6 Å². The summed E-state index contributed by atoms with van der Waals surface area (Å²) in [5.41, 5.74) is 2.63. The molecule has 7 nitrogen and oxygen atoms in total. The first kappa shape index (κ1) is 22.0. The summed E-state index contributed by atoms with van der Waals surface area (Å²) in [5.74, 6) is 0.402. The zero-order chi connectivity index (χ0) is 21.5. The van der Waals surface area contributed by atoms with E-state index in [1.165, 1.54) is 11.8 Å². The number of thioether (sulfide) groups is 1. The predicted molar refractivity (Wildman–Crippen MR) is 122 cm³/mol. The topological polar surface area (TPSA) is 88.9 Å². The Morgan fingerprint density at radius 2 is 1.87 bits per heavy atom. The van der Waals surface area contributed by atoms with Crippen LogP contribution < -0.4 is 10.6 Å². The molecular weight excluding hydrogens is 466 g/mol. The number of nitrogens with zero attached hydrogens (tertiary/aromatic N) is 3. The van der Waals surface area contributed by atoms with Crippen molar-refractivity contribution in [1.82, 2.24) is 20.1 Å². The zero-order valence-corrected chi connectivity index (χ0v) is 19.1. The Labute approximate surface area is 187 Å². The standard InChI is InChI=1S/C21H22BrN5O2S/c1-3-27-20(15-7-5-4-6-8-15)25-26-21(27)30-13-19(29)23-12-18(28)24-17-10-9-16(22)11-14(17)2/h4-11H,3,12-13H2,1-2H3,(H,23,29)(H,24,28). The minimum absolute atomic E-state index is 0.0926. The van der Waals surface area contributed by atoms with Crippen molar-refractivity contribution in [3.8, 4) is 11.4 Å². The van der Waals surface area contributed by atoms with Crippen LogP contribution in [0.3, 0.4) is 0 Å². The van der Waals surface area contributed by atoms with E-state index >= 15 is 0 Å². The Morgan fingerprint density at radius 3 is 2.57 bits per heavy atom. The Balaban J connectivity index is 1.51. The maximum Gasteiger partial charge on any atom is 0.243 e. The molecule has 0 atom stereocenters. The van der Waals surface area contributed by atoms with Crippen LogP contribution in [0.2, 0.25) is 0 Å². The molecular formula is C21H22BrN5O2S. The minimum Gasteiger partial charge on any atom is -0.346 e. The van der Waals surface area contributed by atoms with Gasteiger partial charge in [0, 0.05) is 22.3 Å². The van der Waals surface area contributed by atoms with Crippen LogP contribution in [0.5, 0.6) is 0 Å². The molecule has 2 aromatic carbocycles. The average Bonchev–Trinajstić information content (AvgIpc) is 3.16. The SMILES string of the molecule is CCn1c(SCC(=O)NCC(=O)Nc2ccc(Br)cc2C)nnc1-c1ccccc1. The van der Waals surface area contributed by atoms with E-state index in [9.17, 15) is 9.59 Å². The molecule has 1 heterocycles. The molecule has 0 saturated heterocycles. The maximum absolute atomic E-state index is 12.2. The highest BCUT2D eigenvalue weighted by atomic mass is 79.9. The highest BCUT2D eigenvalue weighted by Crippen LogP contribution is 2.23. The minimum atomic E-state index is -0.276. The highest BCUT2D eigenvalue weighted by molar-refractivity contribution is 9.10. The molecule has 0 radical (unpaired) electrons. The highest BCUT2D eigenvalue weighted by Gasteiger charge is 2.15. The smallest absolute Gasteiger partial charge is 0.243 e. The summed E-state index contributed by atoms with van der Waals surface area (Å²) in [4.78, 5) is 24.3. The molecule has 30 heavy (non-hydrogen) atoms. The number of anilines is 1. The van der Waals surface area contributed by atoms with Gasteiger partial charge in [-0.2, -0.15) is 0 Å². The predicted octanol–water partition coefficient (Wildman–Crippen LogP) is 3.88. The summed E-state index contributed by atoms with van der Waals surface area (Å²) in [5, 5.41) is 14.6. The van der Waals surface area contributed by atoms with Crippen molar-refractivity contribution >= 4 is 45.2 Å². The Bertz CT molecular complexity index is 1040. The molecule has 156 valence electrons. The second-order valence-corrected chi connectivity index (χ2v) is 8.35. The third kappa shape index (κ3) is 5.70. The molecule has 2 N–H and O–H groups in total. The number of nitrogens with one attached hydrogen (secondary N) is 2. The number of halogens is 1. The van der Waals surface area contributed by atoms with E-state index in [4.69, 9.17) is 0 Å². The fourth-order valence-corrected chi connectivity index (χ4v) is 4.11. The van der Waals surface area contributed by atoms with E-state index in [0.29, 0.717) is 11.7 Å². The van der Waals surface area contributed by atoms with Crippen LogP contribution in [-0.4, -0.2) is 38.9 Å². The first-order valence-corrected chi connectivity index (χ1v) is 11.2. The molecule has 2 amide bonds. The lowest BCUT2D eigenvalue weighted by molar-refractivity contribution is -0.122. The van der Waals surface area contributed by atoms with Gasteiger partial charge < -0.3 is 15.2 Å². The number of benzene rings is 2. The molecule has 1 aromatic heterocycles. The van der Waals surface area contributed by atoms with Gasteiger partial charge in [-0.3, -0.25) is 9.59 Å². The molecule has 3 aromatic rings. The normalized spacial score (nSPS) is 10.6. The second-order valence-electron chi connectivity index (χ2n) is 6.49. The second kappa shape index (κ2) is 10.4. The summed E-state index contributed by atoms with van der Waals surface area (Å²) in [6.45, 7) is 4.51. The van der Waals surface area contributed by atoms with E-state index in [-0.39, 0.29) is 24.1 Å². The van der Waals surface area contributed by atoms with Gasteiger partial charge in [0.05, 0.1) is 12.3 Å². The number of rotatable bonds is 8. The van der Waals surface area contributed by atoms with Gasteiger partial charge in [0.2, 0.25) is 11.8 Å². The number of hydrogen-bond acceptors (Lipinski definition) is 5. The first-order valence-electron chi connectivity index (χ1n) is 9.42. The fourth-order valence-electron chi connectivity index (χ4n) is 2.80. The Hall–Kier alpha value is -2.65. The number of carbonyl (C=O) groups is 2. The van der Waals surface area contributed by atoms with Gasteiger partial charge in [-0.05, 0) is 37.6 Å². The largest absolute Gasteiger partial charge is 0.346 e. The third-order valence-electron chi connectivity index (χ3n) is 4.31. The van der Waals surface area contributed by atoms with Crippen LogP contribution in [0, 0.1) is 6.92 Å². The summed E-state index contributed by atoms with van der Waals surface area (Å²) < 4.78 is 2.91. The maximum atomic E-state index is 12.2. The van der Waals surface area contributed by atoms with Gasteiger partial charge in [-0.1, -0.05) is 58.0 Å². The molecule has 0 saturated carbocycles. The molecule has 0 aliphatic rings. The van der Waals surface area contributed by atoms with Gasteiger partial charge in [0.25, 0.3) is 0 Å². The quantitative estimate of drug-likeness (QED) is 0.470.